The molecule has 0 unspecified atom stereocenters. The van der Waals surface area contributed by atoms with E-state index in [1.54, 1.807) is 0 Å². The third-order valence-electron chi connectivity index (χ3n) is 3.14. The minimum Gasteiger partial charge on any atom is -0.460 e. The Morgan fingerprint density at radius 2 is 2.24 bits per heavy atom. The highest BCUT2D eigenvalue weighted by molar-refractivity contribution is 5.80. The van der Waals surface area contributed by atoms with Gasteiger partial charge in [-0.25, -0.2) is 4.79 Å². The molecular formula is C12H20N2O3. The highest BCUT2D eigenvalue weighted by Gasteiger charge is 2.43. The molecule has 2 aliphatic heterocycles. The molecule has 0 aromatic heterocycles. The van der Waals surface area contributed by atoms with Crippen LogP contribution in [0.25, 0.3) is 0 Å². The van der Waals surface area contributed by atoms with Crippen LogP contribution in [0.2, 0.25) is 0 Å². The molecule has 5 nitrogen and oxygen atoms in total. The summed E-state index contributed by atoms with van der Waals surface area (Å²) in [5.41, 5.74) is -0.463. The molecule has 1 N–H and O–H groups in total. The van der Waals surface area contributed by atoms with Gasteiger partial charge in [-0.2, -0.15) is 0 Å². The number of fused-ring (bicyclic) bond motifs is 1. The minimum atomic E-state index is -0.463. The van der Waals surface area contributed by atoms with Gasteiger partial charge in [-0.15, -0.1) is 0 Å². The zero-order chi connectivity index (χ0) is 12.6. The lowest BCUT2D eigenvalue weighted by atomic mass is 10.0. The molecule has 0 spiro atoms. The first kappa shape index (κ1) is 12.2. The molecule has 0 bridgehead atoms. The van der Waals surface area contributed by atoms with Gasteiger partial charge in [0.15, 0.2) is 0 Å². The summed E-state index contributed by atoms with van der Waals surface area (Å²) in [5, 5.41) is 2.86. The van der Waals surface area contributed by atoms with E-state index >= 15 is 0 Å². The summed E-state index contributed by atoms with van der Waals surface area (Å²) in [4.78, 5) is 25.1. The molecule has 2 saturated heterocycles. The van der Waals surface area contributed by atoms with Gasteiger partial charge in [-0.05, 0) is 33.6 Å². The molecule has 2 atom stereocenters. The highest BCUT2D eigenvalue weighted by atomic mass is 16.6. The second kappa shape index (κ2) is 4.20. The molecule has 0 saturated carbocycles. The zero-order valence-corrected chi connectivity index (χ0v) is 10.7. The van der Waals surface area contributed by atoms with E-state index in [0.717, 1.165) is 19.4 Å². The van der Waals surface area contributed by atoms with Crippen LogP contribution in [-0.2, 0) is 9.53 Å². The van der Waals surface area contributed by atoms with Crippen LogP contribution in [0.15, 0.2) is 0 Å². The Morgan fingerprint density at radius 3 is 2.88 bits per heavy atom. The van der Waals surface area contributed by atoms with Gasteiger partial charge in [0.1, 0.15) is 5.60 Å². The standard InChI is InChI=1S/C12H20N2O3/c1-12(2,3)17-10(15)7-8-9-5-4-6-14(9)11(16)13-8/h8-9H,4-7H2,1-3H3,(H,13,16)/t8-,9+/m1/s1. The summed E-state index contributed by atoms with van der Waals surface area (Å²) in [5.74, 6) is -0.239. The van der Waals surface area contributed by atoms with Crippen molar-refractivity contribution in [2.45, 2.75) is 57.7 Å². The summed E-state index contributed by atoms with van der Waals surface area (Å²) >= 11 is 0. The van der Waals surface area contributed by atoms with E-state index in [4.69, 9.17) is 4.74 Å². The van der Waals surface area contributed by atoms with Crippen molar-refractivity contribution in [2.24, 2.45) is 0 Å². The van der Waals surface area contributed by atoms with E-state index in [2.05, 4.69) is 5.32 Å². The molecule has 2 heterocycles. The first-order valence-electron chi connectivity index (χ1n) is 6.16. The molecule has 0 radical (unpaired) electrons. The number of urea groups is 1. The number of rotatable bonds is 2. The first-order chi connectivity index (χ1) is 7.87. The predicted octanol–water partition coefficient (Wildman–Crippen LogP) is 1.27. The van der Waals surface area contributed by atoms with Gasteiger partial charge >= 0.3 is 12.0 Å². The molecule has 96 valence electrons. The number of ether oxygens (including phenoxy) is 1. The summed E-state index contributed by atoms with van der Waals surface area (Å²) < 4.78 is 5.27. The molecule has 0 aliphatic carbocycles. The molecule has 5 heteroatoms. The molecule has 2 aliphatic rings. The van der Waals surface area contributed by atoms with Gasteiger partial charge in [0, 0.05) is 6.54 Å². The Bertz CT molecular complexity index is 335. The van der Waals surface area contributed by atoms with Crippen LogP contribution in [0.4, 0.5) is 4.79 Å². The van der Waals surface area contributed by atoms with Crippen LogP contribution in [-0.4, -0.2) is 41.1 Å². The smallest absolute Gasteiger partial charge is 0.318 e. The van der Waals surface area contributed by atoms with Crippen molar-refractivity contribution in [1.82, 2.24) is 10.2 Å². The normalized spacial score (nSPS) is 27.9. The largest absolute Gasteiger partial charge is 0.460 e. The number of hydrogen-bond donors (Lipinski definition) is 1. The average molecular weight is 240 g/mol. The number of carbonyl (C=O) groups excluding carboxylic acids is 2. The lowest BCUT2D eigenvalue weighted by molar-refractivity contribution is -0.155. The molecule has 0 aromatic carbocycles. The van der Waals surface area contributed by atoms with Gasteiger partial charge in [0.2, 0.25) is 0 Å². The number of esters is 1. The summed E-state index contributed by atoms with van der Waals surface area (Å²) in [6, 6.07) is 0.0518. The number of nitrogens with zero attached hydrogens (tertiary/aromatic N) is 1. The van der Waals surface area contributed by atoms with E-state index in [1.807, 2.05) is 25.7 Å². The SMILES string of the molecule is CC(C)(C)OC(=O)C[C@H]1NC(=O)N2CCC[C@@H]12. The summed E-state index contributed by atoms with van der Waals surface area (Å²) in [7, 11) is 0. The lowest BCUT2D eigenvalue weighted by Crippen LogP contribution is -2.36. The minimum absolute atomic E-state index is 0.0407. The highest BCUT2D eigenvalue weighted by Crippen LogP contribution is 2.27. The Balaban J connectivity index is 1.91. The molecule has 2 amide bonds. The van der Waals surface area contributed by atoms with E-state index in [9.17, 15) is 9.59 Å². The van der Waals surface area contributed by atoms with E-state index in [-0.39, 0.29) is 30.5 Å². The van der Waals surface area contributed by atoms with Gasteiger partial charge in [0.05, 0.1) is 18.5 Å². The number of hydrogen-bond acceptors (Lipinski definition) is 3. The fourth-order valence-corrected chi connectivity index (χ4v) is 2.55. The van der Waals surface area contributed by atoms with E-state index < -0.39 is 5.60 Å². The first-order valence-corrected chi connectivity index (χ1v) is 6.16. The van der Waals surface area contributed by atoms with Gasteiger partial charge in [-0.3, -0.25) is 4.79 Å². The van der Waals surface area contributed by atoms with Crippen LogP contribution < -0.4 is 5.32 Å². The van der Waals surface area contributed by atoms with Crippen LogP contribution >= 0.6 is 0 Å². The Hall–Kier alpha value is -1.26. The lowest BCUT2D eigenvalue weighted by Gasteiger charge is -2.22. The third kappa shape index (κ3) is 2.70. The fraction of sp³-hybridized carbons (Fsp3) is 0.833. The van der Waals surface area contributed by atoms with Gasteiger partial charge in [-0.1, -0.05) is 0 Å². The van der Waals surface area contributed by atoms with Crippen LogP contribution in [0.3, 0.4) is 0 Å². The van der Waals surface area contributed by atoms with Crippen molar-refractivity contribution in [1.29, 1.82) is 0 Å². The second-order valence-electron chi connectivity index (χ2n) is 5.75. The third-order valence-corrected chi connectivity index (χ3v) is 3.14. The van der Waals surface area contributed by atoms with Crippen LogP contribution in [0, 0.1) is 0 Å². The molecule has 0 aromatic rings. The maximum atomic E-state index is 11.7. The number of amides is 2. The number of carbonyl (C=O) groups is 2. The van der Waals surface area contributed by atoms with Crippen molar-refractivity contribution in [2.75, 3.05) is 6.54 Å². The molecule has 2 fully saturated rings. The monoisotopic (exact) mass is 240 g/mol. The summed E-state index contributed by atoms with van der Waals surface area (Å²) in [6.45, 7) is 6.35. The van der Waals surface area contributed by atoms with Crippen molar-refractivity contribution >= 4 is 12.0 Å². The fourth-order valence-electron chi connectivity index (χ4n) is 2.55. The van der Waals surface area contributed by atoms with Crippen molar-refractivity contribution < 1.29 is 14.3 Å². The van der Waals surface area contributed by atoms with Gasteiger partial charge in [0.25, 0.3) is 0 Å². The van der Waals surface area contributed by atoms with Crippen molar-refractivity contribution in [3.63, 3.8) is 0 Å². The quantitative estimate of drug-likeness (QED) is 0.740. The topological polar surface area (TPSA) is 58.6 Å². The number of nitrogens with one attached hydrogen (secondary N) is 1. The Kier molecular flexibility index (Phi) is 3.02. The average Bonchev–Trinajstić information content (AvgIpc) is 2.69. The molecule has 2 rings (SSSR count). The zero-order valence-electron chi connectivity index (χ0n) is 10.7. The summed E-state index contributed by atoms with van der Waals surface area (Å²) in [6.07, 6.45) is 2.28. The van der Waals surface area contributed by atoms with Crippen molar-refractivity contribution in [3.8, 4) is 0 Å². The Labute approximate surface area is 101 Å². The maximum Gasteiger partial charge on any atom is 0.318 e. The van der Waals surface area contributed by atoms with E-state index in [0.29, 0.717) is 0 Å². The van der Waals surface area contributed by atoms with Gasteiger partial charge < -0.3 is 15.0 Å². The molecule has 17 heavy (non-hydrogen) atoms. The Morgan fingerprint density at radius 1 is 1.53 bits per heavy atom. The predicted molar refractivity (Wildman–Crippen MR) is 62.5 cm³/mol. The molecular weight excluding hydrogens is 220 g/mol. The van der Waals surface area contributed by atoms with Crippen molar-refractivity contribution in [3.05, 3.63) is 0 Å². The van der Waals surface area contributed by atoms with Crippen LogP contribution in [0.5, 0.6) is 0 Å². The maximum absolute atomic E-state index is 11.7. The second-order valence-corrected chi connectivity index (χ2v) is 5.75. The van der Waals surface area contributed by atoms with Crippen LogP contribution in [0.1, 0.15) is 40.0 Å². The van der Waals surface area contributed by atoms with E-state index in [1.165, 1.54) is 0 Å².